The Hall–Kier alpha value is -1.06. The number of anilines is 1. The van der Waals surface area contributed by atoms with Crippen LogP contribution in [0.4, 0.5) is 5.69 Å². The molecule has 1 amide bonds. The Labute approximate surface area is 110 Å². The molecule has 0 N–H and O–H groups in total. The van der Waals surface area contributed by atoms with E-state index < -0.39 is 0 Å². The molecule has 0 aliphatic carbocycles. The lowest BCUT2D eigenvalue weighted by molar-refractivity contribution is -0.125. The highest BCUT2D eigenvalue weighted by Gasteiger charge is 2.16. The van der Waals surface area contributed by atoms with Crippen LogP contribution < -0.4 is 4.90 Å². The number of benzene rings is 1. The highest BCUT2D eigenvalue weighted by Crippen LogP contribution is 2.27. The second-order valence-corrected chi connectivity index (χ2v) is 4.43. The molecule has 1 rings (SSSR count). The number of hydrogen-bond acceptors (Lipinski definition) is 2. The Morgan fingerprint density at radius 2 is 1.88 bits per heavy atom. The first-order valence-electron chi connectivity index (χ1n) is 5.20. The van der Waals surface area contributed by atoms with Gasteiger partial charge in [-0.05, 0) is 32.0 Å². The van der Waals surface area contributed by atoms with Crippen LogP contribution in [-0.4, -0.2) is 18.2 Å². The number of rotatable bonds is 4. The molecule has 1 aromatic rings. The molecule has 92 valence electrons. The average molecular weight is 274 g/mol. The third kappa shape index (κ3) is 3.72. The van der Waals surface area contributed by atoms with Crippen LogP contribution in [0.2, 0.25) is 10.0 Å². The number of carbonyl (C=O) groups excluding carboxylic acids is 2. The highest BCUT2D eigenvalue weighted by atomic mass is 35.5. The van der Waals surface area contributed by atoms with Crippen LogP contribution in [-0.2, 0) is 9.59 Å². The lowest BCUT2D eigenvalue weighted by Crippen LogP contribution is -2.31. The standard InChI is InChI=1S/C12H13Cl2NO2/c1-3-15(12(17)6-8(2)16)9-4-5-10(13)11(14)7-9/h4-5,7H,3,6H2,1-2H3. The number of Topliss-reactive ketones (excluding diaryl/α,β-unsaturated/α-hetero) is 1. The minimum atomic E-state index is -0.238. The zero-order valence-corrected chi connectivity index (χ0v) is 11.2. The molecule has 0 radical (unpaired) electrons. The number of nitrogens with zero attached hydrogens (tertiary/aromatic N) is 1. The van der Waals surface area contributed by atoms with Crippen LogP contribution in [0.5, 0.6) is 0 Å². The van der Waals surface area contributed by atoms with Gasteiger partial charge in [-0.15, -0.1) is 0 Å². The van der Waals surface area contributed by atoms with Crippen molar-refractivity contribution in [2.24, 2.45) is 0 Å². The van der Waals surface area contributed by atoms with Gasteiger partial charge in [0.2, 0.25) is 5.91 Å². The average Bonchev–Trinajstić information content (AvgIpc) is 2.23. The van der Waals surface area contributed by atoms with Gasteiger partial charge in [-0.3, -0.25) is 9.59 Å². The van der Waals surface area contributed by atoms with Crippen molar-refractivity contribution < 1.29 is 9.59 Å². The fraction of sp³-hybridized carbons (Fsp3) is 0.333. The first-order chi connectivity index (χ1) is 7.95. The van der Waals surface area contributed by atoms with Gasteiger partial charge in [-0.2, -0.15) is 0 Å². The fourth-order valence-electron chi connectivity index (χ4n) is 1.46. The summed E-state index contributed by atoms with van der Waals surface area (Å²) in [6.45, 7) is 3.70. The summed E-state index contributed by atoms with van der Waals surface area (Å²) in [7, 11) is 0. The van der Waals surface area contributed by atoms with E-state index in [0.717, 1.165) is 0 Å². The lowest BCUT2D eigenvalue weighted by atomic mass is 10.2. The summed E-state index contributed by atoms with van der Waals surface area (Å²) in [5.41, 5.74) is 0.646. The van der Waals surface area contributed by atoms with E-state index in [-0.39, 0.29) is 18.1 Å². The molecule has 0 bridgehead atoms. The molecule has 0 unspecified atom stereocenters. The van der Waals surface area contributed by atoms with E-state index in [1.54, 1.807) is 18.2 Å². The van der Waals surface area contributed by atoms with Gasteiger partial charge >= 0.3 is 0 Å². The van der Waals surface area contributed by atoms with Crippen molar-refractivity contribution in [1.29, 1.82) is 0 Å². The third-order valence-electron chi connectivity index (χ3n) is 2.23. The van der Waals surface area contributed by atoms with Crippen molar-refractivity contribution in [2.45, 2.75) is 20.3 Å². The maximum absolute atomic E-state index is 11.8. The van der Waals surface area contributed by atoms with E-state index in [9.17, 15) is 9.59 Å². The molecule has 0 saturated heterocycles. The molecule has 0 saturated carbocycles. The van der Waals surface area contributed by atoms with E-state index in [4.69, 9.17) is 23.2 Å². The molecule has 5 heteroatoms. The minimum Gasteiger partial charge on any atom is -0.312 e. The maximum Gasteiger partial charge on any atom is 0.234 e. The van der Waals surface area contributed by atoms with E-state index in [0.29, 0.717) is 22.3 Å². The van der Waals surface area contributed by atoms with Crippen LogP contribution in [0.3, 0.4) is 0 Å². The topological polar surface area (TPSA) is 37.4 Å². The van der Waals surface area contributed by atoms with Gasteiger partial charge in [0.1, 0.15) is 5.78 Å². The quantitative estimate of drug-likeness (QED) is 0.790. The van der Waals surface area contributed by atoms with Crippen LogP contribution in [0.15, 0.2) is 18.2 Å². The molecule has 0 spiro atoms. The molecule has 0 aliphatic heterocycles. The molecule has 1 aromatic carbocycles. The van der Waals surface area contributed by atoms with Gasteiger partial charge in [0.15, 0.2) is 0 Å². The fourth-order valence-corrected chi connectivity index (χ4v) is 1.76. The summed E-state index contributed by atoms with van der Waals surface area (Å²) in [4.78, 5) is 24.2. The number of carbonyl (C=O) groups is 2. The molecule has 0 fully saturated rings. The maximum atomic E-state index is 11.8. The molecule has 0 atom stereocenters. The number of ketones is 1. The van der Waals surface area contributed by atoms with Gasteiger partial charge in [-0.1, -0.05) is 23.2 Å². The molecule has 0 aliphatic rings. The highest BCUT2D eigenvalue weighted by molar-refractivity contribution is 6.42. The van der Waals surface area contributed by atoms with Crippen molar-refractivity contribution in [3.05, 3.63) is 28.2 Å². The van der Waals surface area contributed by atoms with Crippen LogP contribution >= 0.6 is 23.2 Å². The van der Waals surface area contributed by atoms with Crippen LogP contribution in [0.25, 0.3) is 0 Å². The Morgan fingerprint density at radius 1 is 1.24 bits per heavy atom. The Morgan fingerprint density at radius 3 is 2.35 bits per heavy atom. The molecular formula is C12H13Cl2NO2. The van der Waals surface area contributed by atoms with E-state index in [1.807, 2.05) is 6.92 Å². The number of hydrogen-bond donors (Lipinski definition) is 0. The van der Waals surface area contributed by atoms with Crippen molar-refractivity contribution in [2.75, 3.05) is 11.4 Å². The Bertz CT molecular complexity index is 446. The van der Waals surface area contributed by atoms with Crippen molar-refractivity contribution in [1.82, 2.24) is 0 Å². The lowest BCUT2D eigenvalue weighted by Gasteiger charge is -2.20. The largest absolute Gasteiger partial charge is 0.312 e. The van der Waals surface area contributed by atoms with Crippen molar-refractivity contribution in [3.63, 3.8) is 0 Å². The predicted octanol–water partition coefficient (Wildman–Crippen LogP) is 3.33. The molecule has 0 aromatic heterocycles. The monoisotopic (exact) mass is 273 g/mol. The predicted molar refractivity (Wildman–Crippen MR) is 69.8 cm³/mol. The number of halogens is 2. The zero-order valence-electron chi connectivity index (χ0n) is 9.67. The van der Waals surface area contributed by atoms with Crippen molar-refractivity contribution >= 4 is 40.6 Å². The smallest absolute Gasteiger partial charge is 0.234 e. The van der Waals surface area contributed by atoms with E-state index in [2.05, 4.69) is 0 Å². The minimum absolute atomic E-state index is 0.103. The van der Waals surface area contributed by atoms with Crippen LogP contribution in [0.1, 0.15) is 20.3 Å². The van der Waals surface area contributed by atoms with Gasteiger partial charge < -0.3 is 4.90 Å². The van der Waals surface area contributed by atoms with Gasteiger partial charge in [0.05, 0.1) is 16.5 Å². The summed E-state index contributed by atoms with van der Waals surface area (Å²) < 4.78 is 0. The molecule has 3 nitrogen and oxygen atoms in total. The summed E-state index contributed by atoms with van der Waals surface area (Å²) in [6.07, 6.45) is -0.103. The first-order valence-corrected chi connectivity index (χ1v) is 5.96. The number of amides is 1. The third-order valence-corrected chi connectivity index (χ3v) is 2.97. The zero-order chi connectivity index (χ0) is 13.0. The summed E-state index contributed by atoms with van der Waals surface area (Å²) in [5, 5.41) is 0.823. The van der Waals surface area contributed by atoms with E-state index >= 15 is 0 Å². The van der Waals surface area contributed by atoms with E-state index in [1.165, 1.54) is 11.8 Å². The summed E-state index contributed by atoms with van der Waals surface area (Å²) in [5.74, 6) is -0.396. The van der Waals surface area contributed by atoms with Gasteiger partial charge in [-0.25, -0.2) is 0 Å². The van der Waals surface area contributed by atoms with Gasteiger partial charge in [0.25, 0.3) is 0 Å². The molecular weight excluding hydrogens is 261 g/mol. The summed E-state index contributed by atoms with van der Waals surface area (Å²) >= 11 is 11.7. The summed E-state index contributed by atoms with van der Waals surface area (Å²) in [6, 6.07) is 4.95. The molecule has 17 heavy (non-hydrogen) atoms. The second kappa shape index (κ2) is 6.03. The van der Waals surface area contributed by atoms with Gasteiger partial charge in [0, 0.05) is 12.2 Å². The Kier molecular flexibility index (Phi) is 4.97. The van der Waals surface area contributed by atoms with Crippen molar-refractivity contribution in [3.8, 4) is 0 Å². The Balaban J connectivity index is 2.97. The SMILES string of the molecule is CCN(C(=O)CC(C)=O)c1ccc(Cl)c(Cl)c1. The second-order valence-electron chi connectivity index (χ2n) is 3.62. The first kappa shape index (κ1) is 14.0. The normalized spacial score (nSPS) is 10.1. The van der Waals surface area contributed by atoms with Crippen LogP contribution in [0, 0.1) is 0 Å². The molecule has 0 heterocycles.